The van der Waals surface area contributed by atoms with Gasteiger partial charge in [0.25, 0.3) is 0 Å². The van der Waals surface area contributed by atoms with Gasteiger partial charge in [0.2, 0.25) is 5.91 Å². The van der Waals surface area contributed by atoms with Crippen LogP contribution in [0.15, 0.2) is 30.3 Å². The van der Waals surface area contributed by atoms with Crippen LogP contribution in [0.1, 0.15) is 97.1 Å². The van der Waals surface area contributed by atoms with Crippen LogP contribution in [0.3, 0.4) is 0 Å². The van der Waals surface area contributed by atoms with E-state index < -0.39 is 0 Å². The molecular weight excluding hydrogens is 434 g/mol. The van der Waals surface area contributed by atoms with Gasteiger partial charge in [-0.05, 0) is 85.0 Å². The van der Waals surface area contributed by atoms with Gasteiger partial charge in [-0.2, -0.15) is 0 Å². The summed E-state index contributed by atoms with van der Waals surface area (Å²) < 4.78 is 0. The van der Waals surface area contributed by atoms with E-state index in [2.05, 4.69) is 38.2 Å². The van der Waals surface area contributed by atoms with Gasteiger partial charge in [-0.15, -0.1) is 0 Å². The van der Waals surface area contributed by atoms with Gasteiger partial charge in [-0.1, -0.05) is 51.1 Å². The molecule has 0 aromatic heterocycles. The van der Waals surface area contributed by atoms with Crippen molar-refractivity contribution in [1.29, 1.82) is 0 Å². The number of hydrogen-bond acceptors (Lipinski definition) is 3. The number of nitrogens with one attached hydrogen (secondary N) is 1. The van der Waals surface area contributed by atoms with Crippen molar-refractivity contribution < 1.29 is 14.4 Å². The van der Waals surface area contributed by atoms with Crippen molar-refractivity contribution in [2.24, 2.45) is 46.3 Å². The maximum absolute atomic E-state index is 13.6. The van der Waals surface area contributed by atoms with Gasteiger partial charge in [0.05, 0.1) is 6.04 Å². The molecule has 4 fully saturated rings. The molecule has 0 radical (unpaired) electrons. The quantitative estimate of drug-likeness (QED) is 0.541. The van der Waals surface area contributed by atoms with Gasteiger partial charge >= 0.3 is 0 Å². The summed E-state index contributed by atoms with van der Waals surface area (Å²) in [6.45, 7) is 9.13. The Labute approximate surface area is 211 Å². The normalized spacial score (nSPS) is 40.3. The number of hydrogen-bond donors (Lipinski definition) is 1. The van der Waals surface area contributed by atoms with E-state index in [9.17, 15) is 14.4 Å². The summed E-state index contributed by atoms with van der Waals surface area (Å²) in [4.78, 5) is 38.7. The number of rotatable bonds is 5. The Morgan fingerprint density at radius 2 is 1.69 bits per heavy atom. The van der Waals surface area contributed by atoms with Crippen molar-refractivity contribution in [1.82, 2.24) is 5.32 Å². The molecule has 4 aliphatic carbocycles. The van der Waals surface area contributed by atoms with Crippen LogP contribution in [-0.4, -0.2) is 17.5 Å². The summed E-state index contributed by atoms with van der Waals surface area (Å²) in [6.07, 6.45) is 7.92. The maximum atomic E-state index is 13.6. The highest BCUT2D eigenvalue weighted by molar-refractivity contribution is 5.86. The Morgan fingerprint density at radius 3 is 2.43 bits per heavy atom. The van der Waals surface area contributed by atoms with Crippen molar-refractivity contribution in [3.8, 4) is 0 Å². The molecule has 1 aromatic rings. The fourth-order valence-electron chi connectivity index (χ4n) is 9.26. The first-order chi connectivity index (χ1) is 16.6. The zero-order valence-electron chi connectivity index (χ0n) is 22.0. The molecule has 1 amide bonds. The number of carbonyl (C=O) groups excluding carboxylic acids is 3. The predicted molar refractivity (Wildman–Crippen MR) is 137 cm³/mol. The summed E-state index contributed by atoms with van der Waals surface area (Å²) in [7, 11) is 0. The second-order valence-electron chi connectivity index (χ2n) is 13.0. The maximum Gasteiger partial charge on any atom is 0.220 e. The Bertz CT molecular complexity index is 988. The topological polar surface area (TPSA) is 63.2 Å². The summed E-state index contributed by atoms with van der Waals surface area (Å²) >= 11 is 0. The Balaban J connectivity index is 1.27. The van der Waals surface area contributed by atoms with Crippen molar-refractivity contribution in [2.75, 3.05) is 0 Å². The van der Waals surface area contributed by atoms with E-state index in [-0.39, 0.29) is 34.6 Å². The van der Waals surface area contributed by atoms with Crippen molar-refractivity contribution in [3.63, 3.8) is 0 Å². The second-order valence-corrected chi connectivity index (χ2v) is 13.0. The standard InChI is InChI=1S/C31H43NO3/c1-19(16-28(35)32-20(2)21-8-6-5-7-9-21)24-10-11-25-29-26(13-15-31(24,25)4)30(3)14-12-23(33)17-22(30)18-27(29)34/h5-9,19-20,22,24-26,29H,10-18H2,1-4H3,(H,32,35)/t19-,20?,22+,24?,25+,26+,29+,30+,31-/m1/s1. The lowest BCUT2D eigenvalue weighted by Crippen LogP contribution is -2.57. The second kappa shape index (κ2) is 9.16. The molecule has 1 N–H and O–H groups in total. The van der Waals surface area contributed by atoms with E-state index in [4.69, 9.17) is 0 Å². The van der Waals surface area contributed by atoms with Crippen LogP contribution in [0.2, 0.25) is 0 Å². The van der Waals surface area contributed by atoms with Crippen molar-refractivity contribution in [2.45, 2.75) is 91.5 Å². The first-order valence-corrected chi connectivity index (χ1v) is 14.0. The van der Waals surface area contributed by atoms with Crippen LogP contribution < -0.4 is 5.32 Å². The summed E-state index contributed by atoms with van der Waals surface area (Å²) in [5.74, 6) is 2.99. The minimum Gasteiger partial charge on any atom is -0.350 e. The molecule has 5 rings (SSSR count). The lowest BCUT2D eigenvalue weighted by atomic mass is 9.44. The zero-order chi connectivity index (χ0) is 25.0. The minimum atomic E-state index is 0.00850. The molecule has 0 bridgehead atoms. The van der Waals surface area contributed by atoms with Gasteiger partial charge in [-0.3, -0.25) is 14.4 Å². The zero-order valence-corrected chi connectivity index (χ0v) is 22.0. The van der Waals surface area contributed by atoms with Gasteiger partial charge in [0, 0.05) is 31.6 Å². The molecule has 9 atom stereocenters. The van der Waals surface area contributed by atoms with E-state index in [1.165, 1.54) is 0 Å². The van der Waals surface area contributed by atoms with E-state index in [1.54, 1.807) is 0 Å². The highest BCUT2D eigenvalue weighted by atomic mass is 16.1. The van der Waals surface area contributed by atoms with Gasteiger partial charge in [0.1, 0.15) is 11.6 Å². The smallest absolute Gasteiger partial charge is 0.220 e. The van der Waals surface area contributed by atoms with E-state index >= 15 is 0 Å². The fraction of sp³-hybridized carbons (Fsp3) is 0.710. The molecule has 4 saturated carbocycles. The Hall–Kier alpha value is -1.97. The Morgan fingerprint density at radius 1 is 0.971 bits per heavy atom. The molecule has 0 heterocycles. The third-order valence-corrected chi connectivity index (χ3v) is 11.2. The van der Waals surface area contributed by atoms with Gasteiger partial charge in [0.15, 0.2) is 0 Å². The minimum absolute atomic E-state index is 0.00850. The molecule has 0 spiro atoms. The predicted octanol–water partition coefficient (Wildman–Crippen LogP) is 6.30. The Kier molecular flexibility index (Phi) is 6.47. The van der Waals surface area contributed by atoms with Crippen LogP contribution in [0.4, 0.5) is 0 Å². The van der Waals surface area contributed by atoms with E-state index in [0.717, 1.165) is 37.7 Å². The monoisotopic (exact) mass is 477 g/mol. The fourth-order valence-corrected chi connectivity index (χ4v) is 9.26. The first-order valence-electron chi connectivity index (χ1n) is 14.0. The third kappa shape index (κ3) is 4.19. The van der Waals surface area contributed by atoms with Crippen LogP contribution in [0.5, 0.6) is 0 Å². The molecule has 4 nitrogen and oxygen atoms in total. The molecule has 35 heavy (non-hydrogen) atoms. The third-order valence-electron chi connectivity index (χ3n) is 11.2. The molecule has 0 saturated heterocycles. The summed E-state index contributed by atoms with van der Waals surface area (Å²) in [6, 6.07) is 10.1. The molecule has 4 heteroatoms. The van der Waals surface area contributed by atoms with E-state index in [1.807, 2.05) is 25.1 Å². The molecule has 190 valence electrons. The lowest BCUT2D eigenvalue weighted by Gasteiger charge is -2.59. The SMILES string of the molecule is CC(NC(=O)C[C@@H](C)C1CC[C@H]2[C@@H]3C(=O)C[C@@H]4CC(=O)CC[C@]4(C)[C@H]3CC[C@]12C)c1ccccc1. The molecule has 2 unspecified atom stereocenters. The van der Waals surface area contributed by atoms with Crippen LogP contribution in [-0.2, 0) is 14.4 Å². The van der Waals surface area contributed by atoms with Gasteiger partial charge < -0.3 is 5.32 Å². The van der Waals surface area contributed by atoms with Gasteiger partial charge in [-0.25, -0.2) is 0 Å². The van der Waals surface area contributed by atoms with Crippen LogP contribution >= 0.6 is 0 Å². The molecule has 1 aromatic carbocycles. The number of carbonyl (C=O) groups is 3. The molecule has 4 aliphatic rings. The number of benzene rings is 1. The van der Waals surface area contributed by atoms with Crippen LogP contribution in [0, 0.1) is 46.3 Å². The number of ketones is 2. The largest absolute Gasteiger partial charge is 0.350 e. The first kappa shape index (κ1) is 24.7. The lowest BCUT2D eigenvalue weighted by molar-refractivity contribution is -0.159. The summed E-state index contributed by atoms with van der Waals surface area (Å²) in [5, 5.41) is 3.21. The molecule has 0 aliphatic heterocycles. The summed E-state index contributed by atoms with van der Waals surface area (Å²) in [5.41, 5.74) is 1.41. The number of fused-ring (bicyclic) bond motifs is 5. The highest BCUT2D eigenvalue weighted by Gasteiger charge is 2.63. The molecular formula is C31H43NO3. The van der Waals surface area contributed by atoms with E-state index in [0.29, 0.717) is 60.9 Å². The average molecular weight is 478 g/mol. The highest BCUT2D eigenvalue weighted by Crippen LogP contribution is 2.67. The van der Waals surface area contributed by atoms with Crippen molar-refractivity contribution in [3.05, 3.63) is 35.9 Å². The number of Topliss-reactive ketones (excluding diaryl/α,β-unsaturated/α-hetero) is 2. The van der Waals surface area contributed by atoms with Crippen LogP contribution in [0.25, 0.3) is 0 Å². The average Bonchev–Trinajstić information content (AvgIpc) is 3.18. The van der Waals surface area contributed by atoms with Crippen molar-refractivity contribution >= 4 is 17.5 Å². The number of amides is 1.